The van der Waals surface area contributed by atoms with Gasteiger partial charge in [-0.3, -0.25) is 38.4 Å². The number of ether oxygens (including phenoxy) is 4. The average Bonchev–Trinajstić information content (AvgIpc) is 0.939. The fourth-order valence-electron chi connectivity index (χ4n) is 13.2. The molecule has 1 aliphatic heterocycles. The van der Waals surface area contributed by atoms with Gasteiger partial charge in [-0.15, -0.1) is 11.8 Å². The van der Waals surface area contributed by atoms with Crippen molar-refractivity contribution >= 4 is 75.8 Å². The third kappa shape index (κ3) is 26.6. The standard InChI is InChI=1S/C84H106N8O15S/c1-58(93)77-80(101)90-71(53-59-24-10-6-11-25-59)81(102)92(5)72(39-40-75(97)85-43-22-45-104-47-49-106-50-48-105-46-23-44-86-76(98)41-51-108-84(64-27-12-7-13-28-64,65-29-14-8-15-30-65)66-31-16-9-17-32-66)74(96)56-62(52-60-35-37-67(94)38-36-60)79(100)89-70(54-63-57-88-69-34-19-18-33-68(63)69)73(95)55-61(78(99)91-77)26-20-21-42-87-82(103)107-83(2,3)4/h6-19,24-25,27-38,57-58,61-62,70-72,77,88,93-94H,20-23,26,39-56H2,1-5H3,(H,85,97)(H,86,98)(H,87,103)(H,89,100)(H,90,101)(H,91,99)/t58-,61-,62-,70-,71+,72+,77+/m1/s1. The van der Waals surface area contributed by atoms with Crippen LogP contribution in [-0.2, 0) is 81.3 Å². The quantitative estimate of drug-likeness (QED) is 0.0130. The number of aromatic nitrogens is 1. The fourth-order valence-corrected chi connectivity index (χ4v) is 14.7. The predicted octanol–water partition coefficient (Wildman–Crippen LogP) is 9.38. The molecule has 1 fully saturated rings. The number of carbonyl (C=O) groups is 9. The molecule has 7 amide bonds. The van der Waals surface area contributed by atoms with Crippen molar-refractivity contribution in [2.45, 2.75) is 152 Å². The number of rotatable bonds is 36. The molecule has 1 aromatic heterocycles. The smallest absolute Gasteiger partial charge is 0.407 e. The number of aromatic amines is 1. The molecular formula is C84H106N8O15S. The minimum absolute atomic E-state index is 0.0255. The zero-order valence-corrected chi connectivity index (χ0v) is 63.4. The maximum absolute atomic E-state index is 15.3. The number of hydrogen-bond acceptors (Lipinski definition) is 16. The third-order valence-corrected chi connectivity index (χ3v) is 20.4. The Bertz CT molecular complexity index is 3900. The van der Waals surface area contributed by atoms with Gasteiger partial charge in [0.15, 0.2) is 11.6 Å². The van der Waals surface area contributed by atoms with Crippen LogP contribution in [0.4, 0.5) is 4.79 Å². The van der Waals surface area contributed by atoms with Crippen LogP contribution < -0.4 is 31.9 Å². The summed E-state index contributed by atoms with van der Waals surface area (Å²) >= 11 is 1.75. The molecule has 0 radical (unpaired) electrons. The summed E-state index contributed by atoms with van der Waals surface area (Å²) < 4.78 is 22.1. The van der Waals surface area contributed by atoms with Crippen molar-refractivity contribution in [1.29, 1.82) is 0 Å². The number of carbonyl (C=O) groups excluding carboxylic acids is 9. The third-order valence-electron chi connectivity index (χ3n) is 18.8. The number of phenols is 1. The predicted molar refractivity (Wildman–Crippen MR) is 416 cm³/mol. The number of fused-ring (bicyclic) bond motifs is 1. The summed E-state index contributed by atoms with van der Waals surface area (Å²) in [6, 6.07) is 47.7. The number of ketones is 2. The number of aliphatic hydroxyl groups excluding tert-OH is 1. The lowest BCUT2D eigenvalue weighted by molar-refractivity contribution is -0.143. The summed E-state index contributed by atoms with van der Waals surface area (Å²) in [7, 11) is 1.38. The monoisotopic (exact) mass is 1500 g/mol. The van der Waals surface area contributed by atoms with Gasteiger partial charge in [-0.1, -0.05) is 158 Å². The number of amides is 7. The maximum atomic E-state index is 15.3. The number of alkyl carbamates (subject to hydrolysis) is 1. The number of H-pyrrole nitrogens is 1. The van der Waals surface area contributed by atoms with Crippen LogP contribution in [0, 0.1) is 11.8 Å². The topological polar surface area (TPSA) is 322 Å². The van der Waals surface area contributed by atoms with Crippen LogP contribution in [0.3, 0.4) is 0 Å². The number of benzene rings is 6. The Morgan fingerprint density at radius 3 is 1.64 bits per heavy atom. The van der Waals surface area contributed by atoms with Crippen molar-refractivity contribution in [3.63, 3.8) is 0 Å². The Hall–Kier alpha value is -9.72. The number of likely N-dealkylation sites (N-methyl/N-ethyl adjacent to an activating group) is 1. The van der Waals surface area contributed by atoms with E-state index in [1.165, 1.54) is 26.1 Å². The van der Waals surface area contributed by atoms with Gasteiger partial charge in [-0.05, 0) is 118 Å². The highest BCUT2D eigenvalue weighted by atomic mass is 32.2. The van der Waals surface area contributed by atoms with Gasteiger partial charge in [0.25, 0.3) is 0 Å². The van der Waals surface area contributed by atoms with E-state index in [0.717, 1.165) is 32.5 Å². The highest BCUT2D eigenvalue weighted by Crippen LogP contribution is 2.48. The Balaban J connectivity index is 0.866. The van der Waals surface area contributed by atoms with E-state index in [9.17, 15) is 34.2 Å². The molecule has 24 heteroatoms. The summed E-state index contributed by atoms with van der Waals surface area (Å²) in [5, 5.41) is 39.4. The van der Waals surface area contributed by atoms with Gasteiger partial charge < -0.3 is 70.9 Å². The van der Waals surface area contributed by atoms with Crippen molar-refractivity contribution in [3.8, 4) is 5.75 Å². The number of nitrogens with one attached hydrogen (secondary N) is 7. The van der Waals surface area contributed by atoms with Crippen LogP contribution in [0.2, 0.25) is 0 Å². The lowest BCUT2D eigenvalue weighted by Crippen LogP contribution is -2.59. The van der Waals surface area contributed by atoms with Gasteiger partial charge in [0, 0.05) is 113 Å². The summed E-state index contributed by atoms with van der Waals surface area (Å²) in [6.07, 6.45) is 0.0808. The second-order valence-electron chi connectivity index (χ2n) is 28.3. The normalized spacial score (nSPS) is 18.3. The van der Waals surface area contributed by atoms with Gasteiger partial charge in [-0.25, -0.2) is 4.79 Å². The molecule has 108 heavy (non-hydrogen) atoms. The minimum Gasteiger partial charge on any atom is -0.508 e. The van der Waals surface area contributed by atoms with Crippen LogP contribution in [0.5, 0.6) is 5.75 Å². The van der Waals surface area contributed by atoms with Crippen molar-refractivity contribution < 1.29 is 72.3 Å². The highest BCUT2D eigenvalue weighted by Gasteiger charge is 2.40. The summed E-state index contributed by atoms with van der Waals surface area (Å²) in [5.74, 6) is -6.52. The average molecular weight is 1500 g/mol. The molecule has 0 bridgehead atoms. The van der Waals surface area contributed by atoms with Gasteiger partial charge in [0.1, 0.15) is 23.4 Å². The molecule has 578 valence electrons. The summed E-state index contributed by atoms with van der Waals surface area (Å²) in [6.45, 7) is 9.40. The first-order valence-corrected chi connectivity index (χ1v) is 38.4. The van der Waals surface area contributed by atoms with Crippen LogP contribution in [0.25, 0.3) is 10.9 Å². The molecule has 23 nitrogen and oxygen atoms in total. The number of nitrogens with zero attached hydrogens (tertiary/aromatic N) is 1. The van der Waals surface area contributed by atoms with Gasteiger partial charge in [-0.2, -0.15) is 0 Å². The van der Waals surface area contributed by atoms with E-state index in [1.54, 1.807) is 81.2 Å². The van der Waals surface area contributed by atoms with Gasteiger partial charge in [0.05, 0.1) is 49.4 Å². The van der Waals surface area contributed by atoms with Crippen LogP contribution in [0.15, 0.2) is 176 Å². The van der Waals surface area contributed by atoms with Crippen molar-refractivity contribution in [2.24, 2.45) is 11.8 Å². The van der Waals surface area contributed by atoms with Gasteiger partial charge >= 0.3 is 6.09 Å². The molecule has 7 atom stereocenters. The minimum atomic E-state index is -1.66. The molecule has 0 spiro atoms. The molecule has 0 aliphatic carbocycles. The number of Topliss-reactive ketones (excluding diaryl/α,β-unsaturated/α-hetero) is 2. The summed E-state index contributed by atoms with van der Waals surface area (Å²) in [5.41, 5.74) is 5.29. The molecule has 6 aromatic carbocycles. The molecule has 9 N–H and O–H groups in total. The molecule has 0 unspecified atom stereocenters. The van der Waals surface area contributed by atoms with Crippen molar-refractivity contribution in [1.82, 2.24) is 41.8 Å². The van der Waals surface area contributed by atoms with E-state index < -0.39 is 112 Å². The fraction of sp³-hybridized carbons (Fsp3) is 0.440. The molecule has 0 saturated carbocycles. The summed E-state index contributed by atoms with van der Waals surface area (Å²) in [4.78, 5) is 134. The number of aromatic hydroxyl groups is 1. The maximum Gasteiger partial charge on any atom is 0.407 e. The Morgan fingerprint density at radius 2 is 1.06 bits per heavy atom. The number of hydrogen-bond donors (Lipinski definition) is 9. The van der Waals surface area contributed by atoms with Crippen LogP contribution >= 0.6 is 11.8 Å². The first kappa shape index (κ1) is 83.9. The molecule has 1 saturated heterocycles. The van der Waals surface area contributed by atoms with E-state index in [2.05, 4.69) is 73.3 Å². The van der Waals surface area contributed by atoms with E-state index >= 15 is 19.2 Å². The van der Waals surface area contributed by atoms with E-state index in [4.69, 9.17) is 18.9 Å². The number of phenolic OH excluding ortho intramolecular Hbond substituents is 1. The molecule has 8 rings (SSSR count). The molecule has 1 aliphatic rings. The lowest BCUT2D eigenvalue weighted by Gasteiger charge is -2.35. The Labute approximate surface area is 637 Å². The number of unbranched alkanes of at least 4 members (excludes halogenated alkanes) is 1. The van der Waals surface area contributed by atoms with Crippen molar-refractivity contribution in [3.05, 3.63) is 209 Å². The zero-order valence-electron chi connectivity index (χ0n) is 62.6. The van der Waals surface area contributed by atoms with Crippen LogP contribution in [0.1, 0.15) is 125 Å². The molecule has 2 heterocycles. The first-order valence-electron chi connectivity index (χ1n) is 37.4. The largest absolute Gasteiger partial charge is 0.508 e. The SMILES string of the molecule is C[C@@H](O)[C@@H]1NC(=O)[C@H](CCCCNC(=O)OC(C)(C)C)CC(=O)[C@@H](Cc2c[nH]c3ccccc23)NC(=O)[C@H](Cc2ccc(O)cc2)CC(=O)[C@H](CCC(=O)NCCCOCCOCCOCCCNC(=O)CCSC(c2ccccc2)(c2ccccc2)c2ccccc2)N(C)C(=O)[C@H](Cc2ccccc2)NC1=O. The number of thioether (sulfide) groups is 1. The second-order valence-corrected chi connectivity index (χ2v) is 29.6. The Kier molecular flexibility index (Phi) is 33.7. The van der Waals surface area contributed by atoms with Gasteiger partial charge in [0.2, 0.25) is 35.4 Å². The molecule has 7 aromatic rings. The highest BCUT2D eigenvalue weighted by molar-refractivity contribution is 8.00. The lowest BCUT2D eigenvalue weighted by atomic mass is 9.84. The zero-order chi connectivity index (χ0) is 77.3. The second kappa shape index (κ2) is 43.3. The van der Waals surface area contributed by atoms with Crippen LogP contribution in [-0.4, -0.2) is 181 Å². The number of aliphatic hydroxyl groups is 1. The van der Waals surface area contributed by atoms with E-state index in [0.29, 0.717) is 94.1 Å². The van der Waals surface area contributed by atoms with E-state index in [-0.39, 0.29) is 69.9 Å². The van der Waals surface area contributed by atoms with E-state index in [1.807, 2.05) is 78.9 Å². The molecular weight excluding hydrogens is 1390 g/mol. The first-order chi connectivity index (χ1) is 52.1. The number of para-hydroxylation sites is 1. The Morgan fingerprint density at radius 1 is 0.546 bits per heavy atom. The van der Waals surface area contributed by atoms with Crippen molar-refractivity contribution in [2.75, 3.05) is 72.1 Å².